The molecular weight excluding hydrogens is 262 g/mol. The zero-order valence-corrected chi connectivity index (χ0v) is 12.3. The fourth-order valence-electron chi connectivity index (χ4n) is 2.53. The Balaban J connectivity index is 2.20. The molecule has 4 nitrogen and oxygen atoms in total. The van der Waals surface area contributed by atoms with Crippen molar-refractivity contribution in [3.8, 4) is 17.7 Å². The maximum Gasteiger partial charge on any atom is 0.177 e. The molecule has 0 spiro atoms. The molecule has 2 heterocycles. The number of aryl methyl sites for hydroxylation is 2. The van der Waals surface area contributed by atoms with Gasteiger partial charge in [-0.15, -0.1) is 0 Å². The van der Waals surface area contributed by atoms with Crippen molar-refractivity contribution in [2.75, 3.05) is 0 Å². The van der Waals surface area contributed by atoms with Gasteiger partial charge in [-0.25, -0.2) is 4.98 Å². The minimum atomic E-state index is 0.629. The van der Waals surface area contributed by atoms with E-state index in [4.69, 9.17) is 9.68 Å². The predicted octanol–water partition coefficient (Wildman–Crippen LogP) is 4.14. The Morgan fingerprint density at radius 2 is 2.10 bits per heavy atom. The largest absolute Gasteiger partial charge is 0.458 e. The van der Waals surface area contributed by atoms with E-state index < -0.39 is 0 Å². The van der Waals surface area contributed by atoms with Gasteiger partial charge in [0.1, 0.15) is 5.76 Å². The van der Waals surface area contributed by atoms with Gasteiger partial charge in [0, 0.05) is 13.0 Å². The van der Waals surface area contributed by atoms with Gasteiger partial charge >= 0.3 is 0 Å². The molecule has 3 aromatic rings. The minimum absolute atomic E-state index is 0.629. The van der Waals surface area contributed by atoms with Crippen LogP contribution in [0.5, 0.6) is 0 Å². The summed E-state index contributed by atoms with van der Waals surface area (Å²) in [5, 5.41) is 9.03. The predicted molar refractivity (Wildman–Crippen MR) is 81.8 cm³/mol. The lowest BCUT2D eigenvalue weighted by Gasteiger charge is -2.05. The van der Waals surface area contributed by atoms with Gasteiger partial charge in [-0.05, 0) is 36.8 Å². The number of rotatable bonds is 4. The maximum atomic E-state index is 9.03. The number of benzene rings is 1. The highest BCUT2D eigenvalue weighted by Crippen LogP contribution is 2.27. The van der Waals surface area contributed by atoms with Crippen molar-refractivity contribution in [2.45, 2.75) is 33.2 Å². The van der Waals surface area contributed by atoms with Crippen molar-refractivity contribution in [2.24, 2.45) is 0 Å². The minimum Gasteiger partial charge on any atom is -0.458 e. The summed E-state index contributed by atoms with van der Waals surface area (Å²) < 4.78 is 8.01. The molecule has 106 valence electrons. The Morgan fingerprint density at radius 3 is 2.76 bits per heavy atom. The van der Waals surface area contributed by atoms with E-state index in [-0.39, 0.29) is 0 Å². The monoisotopic (exact) mass is 279 g/mol. The van der Waals surface area contributed by atoms with E-state index in [0.717, 1.165) is 47.8 Å². The fourth-order valence-corrected chi connectivity index (χ4v) is 2.53. The number of nitriles is 1. The third-order valence-electron chi connectivity index (χ3n) is 3.56. The average molecular weight is 279 g/mol. The van der Waals surface area contributed by atoms with Crippen LogP contribution in [0.1, 0.15) is 31.6 Å². The standard InChI is InChI=1S/C17H17N3O/c1-3-9-20-15-7-5-12(11-18)10-14(15)19-17(20)16-8-6-13(4-2)21-16/h5-8,10H,3-4,9H2,1-2H3. The number of nitrogens with zero attached hydrogens (tertiary/aromatic N) is 3. The second-order valence-electron chi connectivity index (χ2n) is 5.02. The topological polar surface area (TPSA) is 54.8 Å². The van der Waals surface area contributed by atoms with Crippen molar-refractivity contribution >= 4 is 11.0 Å². The molecule has 0 bridgehead atoms. The van der Waals surface area contributed by atoms with E-state index in [1.165, 1.54) is 0 Å². The van der Waals surface area contributed by atoms with Crippen molar-refractivity contribution < 1.29 is 4.42 Å². The summed E-state index contributed by atoms with van der Waals surface area (Å²) in [6.45, 7) is 5.08. The molecule has 21 heavy (non-hydrogen) atoms. The average Bonchev–Trinajstić information content (AvgIpc) is 3.11. The zero-order chi connectivity index (χ0) is 14.8. The van der Waals surface area contributed by atoms with Crippen molar-refractivity contribution in [1.82, 2.24) is 9.55 Å². The lowest BCUT2D eigenvalue weighted by molar-refractivity contribution is 0.521. The Labute approximate surface area is 123 Å². The molecule has 0 saturated heterocycles. The lowest BCUT2D eigenvalue weighted by atomic mass is 10.2. The summed E-state index contributed by atoms with van der Waals surface area (Å²) in [6.07, 6.45) is 1.88. The van der Waals surface area contributed by atoms with Gasteiger partial charge in [0.15, 0.2) is 11.6 Å². The van der Waals surface area contributed by atoms with E-state index in [0.29, 0.717) is 5.56 Å². The highest BCUT2D eigenvalue weighted by Gasteiger charge is 2.15. The summed E-state index contributed by atoms with van der Waals surface area (Å²) in [5.41, 5.74) is 2.51. The molecule has 4 heteroatoms. The number of hydrogen-bond acceptors (Lipinski definition) is 3. The van der Waals surface area contributed by atoms with Crippen LogP contribution >= 0.6 is 0 Å². The first-order valence-corrected chi connectivity index (χ1v) is 7.26. The number of aromatic nitrogens is 2. The van der Waals surface area contributed by atoms with Crippen molar-refractivity contribution in [1.29, 1.82) is 5.26 Å². The van der Waals surface area contributed by atoms with Crippen molar-refractivity contribution in [3.63, 3.8) is 0 Å². The quantitative estimate of drug-likeness (QED) is 0.721. The Morgan fingerprint density at radius 1 is 1.24 bits per heavy atom. The first-order valence-electron chi connectivity index (χ1n) is 7.26. The number of imidazole rings is 1. The summed E-state index contributed by atoms with van der Waals surface area (Å²) >= 11 is 0. The van der Waals surface area contributed by atoms with Crippen LogP contribution in [0.2, 0.25) is 0 Å². The van der Waals surface area contributed by atoms with Gasteiger partial charge in [-0.2, -0.15) is 5.26 Å². The summed E-state index contributed by atoms with van der Waals surface area (Å²) in [4.78, 5) is 4.68. The summed E-state index contributed by atoms with van der Waals surface area (Å²) in [7, 11) is 0. The third kappa shape index (κ3) is 2.31. The lowest BCUT2D eigenvalue weighted by Crippen LogP contribution is -1.99. The molecule has 0 aliphatic rings. The van der Waals surface area contributed by atoms with Crippen LogP contribution in [0.4, 0.5) is 0 Å². The fraction of sp³-hybridized carbons (Fsp3) is 0.294. The van der Waals surface area contributed by atoms with Crippen molar-refractivity contribution in [3.05, 3.63) is 41.7 Å². The SMILES string of the molecule is CCCn1c(-c2ccc(CC)o2)nc2cc(C#N)ccc21. The second-order valence-corrected chi connectivity index (χ2v) is 5.02. The summed E-state index contributed by atoms with van der Waals surface area (Å²) in [6, 6.07) is 11.7. The Kier molecular flexibility index (Phi) is 3.49. The molecule has 0 saturated carbocycles. The molecule has 0 atom stereocenters. The Hall–Kier alpha value is -2.54. The highest BCUT2D eigenvalue weighted by atomic mass is 16.3. The van der Waals surface area contributed by atoms with E-state index in [2.05, 4.69) is 29.5 Å². The van der Waals surface area contributed by atoms with Gasteiger partial charge in [-0.3, -0.25) is 0 Å². The molecule has 0 aliphatic carbocycles. The number of fused-ring (bicyclic) bond motifs is 1. The van der Waals surface area contributed by atoms with Gasteiger partial charge in [0.25, 0.3) is 0 Å². The second kappa shape index (κ2) is 5.45. The maximum absolute atomic E-state index is 9.03. The molecule has 1 aromatic carbocycles. The first kappa shape index (κ1) is 13.4. The van der Waals surface area contributed by atoms with Crippen LogP contribution < -0.4 is 0 Å². The van der Waals surface area contributed by atoms with Crippen LogP contribution in [-0.2, 0) is 13.0 Å². The van der Waals surface area contributed by atoms with Crippen LogP contribution in [0.3, 0.4) is 0 Å². The molecule has 0 N–H and O–H groups in total. The molecule has 0 aliphatic heterocycles. The van der Waals surface area contributed by atoms with E-state index in [1.807, 2.05) is 30.3 Å². The van der Waals surface area contributed by atoms with Gasteiger partial charge in [-0.1, -0.05) is 13.8 Å². The molecule has 0 radical (unpaired) electrons. The van der Waals surface area contributed by atoms with Crippen LogP contribution in [0.15, 0.2) is 34.7 Å². The van der Waals surface area contributed by atoms with Crippen LogP contribution in [0.25, 0.3) is 22.6 Å². The molecule has 0 fully saturated rings. The molecule has 0 amide bonds. The number of hydrogen-bond donors (Lipinski definition) is 0. The Bertz CT molecular complexity index is 820. The van der Waals surface area contributed by atoms with E-state index >= 15 is 0 Å². The first-order chi connectivity index (χ1) is 10.3. The normalized spacial score (nSPS) is 10.9. The third-order valence-corrected chi connectivity index (χ3v) is 3.56. The molecule has 2 aromatic heterocycles. The zero-order valence-electron chi connectivity index (χ0n) is 12.3. The molecular formula is C17H17N3O. The molecule has 3 rings (SSSR count). The smallest absolute Gasteiger partial charge is 0.177 e. The van der Waals surface area contributed by atoms with Gasteiger partial charge in [0.05, 0.1) is 22.7 Å². The highest BCUT2D eigenvalue weighted by molar-refractivity contribution is 5.81. The van der Waals surface area contributed by atoms with Crippen LogP contribution in [-0.4, -0.2) is 9.55 Å². The van der Waals surface area contributed by atoms with E-state index in [9.17, 15) is 0 Å². The van der Waals surface area contributed by atoms with Gasteiger partial charge in [0.2, 0.25) is 0 Å². The molecule has 0 unspecified atom stereocenters. The van der Waals surface area contributed by atoms with Crippen LogP contribution in [0, 0.1) is 11.3 Å². The van der Waals surface area contributed by atoms with Gasteiger partial charge < -0.3 is 8.98 Å². The summed E-state index contributed by atoms with van der Waals surface area (Å²) in [5.74, 6) is 2.58. The van der Waals surface area contributed by atoms with E-state index in [1.54, 1.807) is 0 Å². The number of furan rings is 1.